The Bertz CT molecular complexity index is 455. The normalized spacial score (nSPS) is 29.6. The number of ether oxygens (including phenoxy) is 2. The van der Waals surface area contributed by atoms with E-state index in [1.165, 1.54) is 0 Å². The maximum Gasteiger partial charge on any atom is 0.254 e. The van der Waals surface area contributed by atoms with Crippen LogP contribution in [0.3, 0.4) is 0 Å². The molecule has 17 heavy (non-hydrogen) atoms. The predicted octanol–water partition coefficient (Wildman–Crippen LogP) is 2.93. The first-order valence-electron chi connectivity index (χ1n) is 6.01. The van der Waals surface area contributed by atoms with Crippen LogP contribution in [0.15, 0.2) is 24.3 Å². The van der Waals surface area contributed by atoms with Crippen LogP contribution < -0.4 is 9.47 Å². The van der Waals surface area contributed by atoms with Gasteiger partial charge >= 0.3 is 0 Å². The van der Waals surface area contributed by atoms with Gasteiger partial charge in [-0.15, -0.1) is 0 Å². The second kappa shape index (κ2) is 3.25. The smallest absolute Gasteiger partial charge is 0.254 e. The maximum atomic E-state index is 11.5. The monoisotopic (exact) mass is 232 g/mol. The van der Waals surface area contributed by atoms with E-state index in [0.717, 1.165) is 17.9 Å². The Hall–Kier alpha value is -1.51. The van der Waals surface area contributed by atoms with Gasteiger partial charge in [0, 0.05) is 19.8 Å². The van der Waals surface area contributed by atoms with E-state index in [2.05, 4.69) is 6.92 Å². The minimum atomic E-state index is -0.719. The SMILES string of the molecule is CC1([C@]2(C)CCC(=O)C2)Oc2ccccc2O1. The fourth-order valence-corrected chi connectivity index (χ4v) is 2.72. The fraction of sp³-hybridized carbons (Fsp3) is 0.500. The molecule has 0 spiro atoms. The molecular weight excluding hydrogens is 216 g/mol. The molecule has 2 aliphatic rings. The first-order chi connectivity index (χ1) is 8.02. The number of para-hydroxylation sites is 2. The van der Waals surface area contributed by atoms with Crippen molar-refractivity contribution in [3.63, 3.8) is 0 Å². The van der Waals surface area contributed by atoms with Crippen molar-refractivity contribution in [1.82, 2.24) is 0 Å². The van der Waals surface area contributed by atoms with E-state index in [1.54, 1.807) is 0 Å². The van der Waals surface area contributed by atoms with Gasteiger partial charge in [-0.2, -0.15) is 0 Å². The molecule has 1 aromatic carbocycles. The Morgan fingerprint density at radius 2 is 1.71 bits per heavy atom. The minimum Gasteiger partial charge on any atom is -0.448 e. The summed E-state index contributed by atoms with van der Waals surface area (Å²) in [4.78, 5) is 11.5. The highest BCUT2D eigenvalue weighted by Gasteiger charge is 2.55. The molecule has 0 amide bonds. The third kappa shape index (κ3) is 1.45. The topological polar surface area (TPSA) is 35.5 Å². The molecule has 3 heteroatoms. The highest BCUT2D eigenvalue weighted by Crippen LogP contribution is 2.52. The van der Waals surface area contributed by atoms with Crippen molar-refractivity contribution >= 4 is 5.78 Å². The minimum absolute atomic E-state index is 0.233. The number of benzene rings is 1. The van der Waals surface area contributed by atoms with E-state index >= 15 is 0 Å². The van der Waals surface area contributed by atoms with Crippen LogP contribution in [0.5, 0.6) is 11.5 Å². The number of hydrogen-bond donors (Lipinski definition) is 0. The molecule has 1 atom stereocenters. The highest BCUT2D eigenvalue weighted by atomic mass is 16.7. The molecule has 90 valence electrons. The molecule has 0 bridgehead atoms. The lowest BCUT2D eigenvalue weighted by atomic mass is 9.80. The molecule has 1 aliphatic heterocycles. The number of fused-ring (bicyclic) bond motifs is 1. The zero-order valence-electron chi connectivity index (χ0n) is 10.2. The molecular formula is C14H16O3. The second-order valence-electron chi connectivity index (χ2n) is 5.37. The van der Waals surface area contributed by atoms with Crippen molar-refractivity contribution in [3.05, 3.63) is 24.3 Å². The number of Topliss-reactive ketones (excluding diaryl/α,β-unsaturated/α-hetero) is 1. The summed E-state index contributed by atoms with van der Waals surface area (Å²) in [5.74, 6) is 1.13. The van der Waals surface area contributed by atoms with Crippen LogP contribution in [0.1, 0.15) is 33.1 Å². The van der Waals surface area contributed by atoms with Crippen LogP contribution in [0.2, 0.25) is 0 Å². The van der Waals surface area contributed by atoms with Crippen molar-refractivity contribution in [2.24, 2.45) is 5.41 Å². The summed E-state index contributed by atoms with van der Waals surface area (Å²) in [5, 5.41) is 0. The zero-order valence-corrected chi connectivity index (χ0v) is 10.2. The quantitative estimate of drug-likeness (QED) is 0.746. The Labute approximate surface area is 101 Å². The van der Waals surface area contributed by atoms with Crippen LogP contribution >= 0.6 is 0 Å². The van der Waals surface area contributed by atoms with Gasteiger partial charge in [-0.25, -0.2) is 0 Å². The van der Waals surface area contributed by atoms with Crippen molar-refractivity contribution in [3.8, 4) is 11.5 Å². The van der Waals surface area contributed by atoms with Gasteiger partial charge in [-0.05, 0) is 18.6 Å². The van der Waals surface area contributed by atoms with Crippen LogP contribution in [0.25, 0.3) is 0 Å². The number of rotatable bonds is 1. The summed E-state index contributed by atoms with van der Waals surface area (Å²) in [5.41, 5.74) is -0.233. The lowest BCUT2D eigenvalue weighted by molar-refractivity contribution is -0.157. The number of carbonyl (C=O) groups excluding carboxylic acids is 1. The van der Waals surface area contributed by atoms with Crippen molar-refractivity contribution < 1.29 is 14.3 Å². The van der Waals surface area contributed by atoms with Crippen LogP contribution in [0.4, 0.5) is 0 Å². The average molecular weight is 232 g/mol. The molecule has 1 heterocycles. The molecule has 3 nitrogen and oxygen atoms in total. The Morgan fingerprint density at radius 1 is 1.12 bits per heavy atom. The van der Waals surface area contributed by atoms with E-state index in [9.17, 15) is 4.79 Å². The first-order valence-corrected chi connectivity index (χ1v) is 6.01. The first kappa shape index (κ1) is 10.6. The molecule has 1 aliphatic carbocycles. The molecule has 3 rings (SSSR count). The molecule has 1 aromatic rings. The van der Waals surface area contributed by atoms with Crippen LogP contribution in [0, 0.1) is 5.41 Å². The van der Waals surface area contributed by atoms with Gasteiger partial charge in [0.05, 0.1) is 5.41 Å². The highest BCUT2D eigenvalue weighted by molar-refractivity contribution is 5.81. The molecule has 0 saturated heterocycles. The standard InChI is InChI=1S/C14H16O3/c1-13(8-7-10(15)9-13)14(2)16-11-5-3-4-6-12(11)17-14/h3-6H,7-9H2,1-2H3/t13-/m1/s1. The average Bonchev–Trinajstić information content (AvgIpc) is 2.80. The van der Waals surface area contributed by atoms with Crippen LogP contribution in [-0.4, -0.2) is 11.6 Å². The van der Waals surface area contributed by atoms with E-state index in [4.69, 9.17) is 9.47 Å². The zero-order chi connectivity index (χ0) is 12.1. The van der Waals surface area contributed by atoms with E-state index in [-0.39, 0.29) is 5.41 Å². The summed E-state index contributed by atoms with van der Waals surface area (Å²) in [7, 11) is 0. The van der Waals surface area contributed by atoms with Gasteiger partial charge in [0.15, 0.2) is 11.5 Å². The Kier molecular flexibility index (Phi) is 2.03. The summed E-state index contributed by atoms with van der Waals surface area (Å²) < 4.78 is 11.9. The van der Waals surface area contributed by atoms with Crippen molar-refractivity contribution in [2.75, 3.05) is 0 Å². The van der Waals surface area contributed by atoms with Gasteiger partial charge in [-0.3, -0.25) is 4.79 Å². The van der Waals surface area contributed by atoms with E-state index in [1.807, 2.05) is 31.2 Å². The van der Waals surface area contributed by atoms with Crippen molar-refractivity contribution in [1.29, 1.82) is 0 Å². The Morgan fingerprint density at radius 3 is 2.18 bits per heavy atom. The summed E-state index contributed by atoms with van der Waals surface area (Å²) in [6, 6.07) is 7.66. The summed E-state index contributed by atoms with van der Waals surface area (Å²) >= 11 is 0. The van der Waals surface area contributed by atoms with E-state index in [0.29, 0.717) is 18.6 Å². The van der Waals surface area contributed by atoms with Crippen LogP contribution in [-0.2, 0) is 4.79 Å². The molecule has 0 N–H and O–H groups in total. The number of carbonyl (C=O) groups is 1. The van der Waals surface area contributed by atoms with Gasteiger partial charge < -0.3 is 9.47 Å². The largest absolute Gasteiger partial charge is 0.448 e. The van der Waals surface area contributed by atoms with Gasteiger partial charge in [0.25, 0.3) is 5.79 Å². The maximum absolute atomic E-state index is 11.5. The molecule has 0 unspecified atom stereocenters. The fourth-order valence-electron chi connectivity index (χ4n) is 2.72. The van der Waals surface area contributed by atoms with Gasteiger partial charge in [0.2, 0.25) is 0 Å². The van der Waals surface area contributed by atoms with Crippen molar-refractivity contribution in [2.45, 2.75) is 38.9 Å². The Balaban J connectivity index is 1.93. The van der Waals surface area contributed by atoms with Gasteiger partial charge in [0.1, 0.15) is 5.78 Å². The van der Waals surface area contributed by atoms with E-state index < -0.39 is 5.79 Å². The number of hydrogen-bond acceptors (Lipinski definition) is 3. The van der Waals surface area contributed by atoms with Gasteiger partial charge in [-0.1, -0.05) is 19.1 Å². The number of ketones is 1. The third-order valence-electron chi connectivity index (χ3n) is 4.10. The second-order valence-corrected chi connectivity index (χ2v) is 5.37. The third-order valence-corrected chi connectivity index (χ3v) is 4.10. The molecule has 0 radical (unpaired) electrons. The molecule has 1 fully saturated rings. The molecule has 1 saturated carbocycles. The predicted molar refractivity (Wildman–Crippen MR) is 63.1 cm³/mol. The summed E-state index contributed by atoms with van der Waals surface area (Å²) in [6.07, 6.45) is 2.00. The summed E-state index contributed by atoms with van der Waals surface area (Å²) in [6.45, 7) is 4.01. The lowest BCUT2D eigenvalue weighted by Crippen LogP contribution is -2.49. The molecule has 0 aromatic heterocycles. The lowest BCUT2D eigenvalue weighted by Gasteiger charge is -2.38.